The van der Waals surface area contributed by atoms with Gasteiger partial charge in [-0.05, 0) is 123 Å². The van der Waals surface area contributed by atoms with Crippen molar-refractivity contribution in [1.29, 1.82) is 0 Å². The summed E-state index contributed by atoms with van der Waals surface area (Å²) >= 11 is 0. The highest BCUT2D eigenvalue weighted by molar-refractivity contribution is 5.16. The lowest BCUT2D eigenvalue weighted by Crippen LogP contribution is -2.46. The molecule has 1 aromatic heterocycles. The van der Waals surface area contributed by atoms with Gasteiger partial charge in [-0.15, -0.1) is 0 Å². The first-order chi connectivity index (χ1) is 13.8. The van der Waals surface area contributed by atoms with Gasteiger partial charge in [0.05, 0.1) is 0 Å². The third-order valence-electron chi connectivity index (χ3n) is 8.21. The molecule has 0 saturated heterocycles. The van der Waals surface area contributed by atoms with Gasteiger partial charge < -0.3 is 0 Å². The predicted molar refractivity (Wildman–Crippen MR) is 116 cm³/mol. The van der Waals surface area contributed by atoms with Crippen molar-refractivity contribution in [3.63, 3.8) is 0 Å². The van der Waals surface area contributed by atoms with Crippen molar-refractivity contribution >= 4 is 0 Å². The van der Waals surface area contributed by atoms with Crippen LogP contribution >= 0.6 is 0 Å². The van der Waals surface area contributed by atoms with Crippen LogP contribution < -0.4 is 0 Å². The van der Waals surface area contributed by atoms with Gasteiger partial charge in [0.25, 0.3) is 0 Å². The zero-order chi connectivity index (χ0) is 18.8. The second-order valence-electron chi connectivity index (χ2n) is 10.4. The van der Waals surface area contributed by atoms with Crippen LogP contribution in [0.2, 0.25) is 0 Å². The van der Waals surface area contributed by atoms with Crippen molar-refractivity contribution in [2.75, 3.05) is 0 Å². The minimum atomic E-state index is 0.723. The minimum Gasteiger partial charge on any atom is -0.265 e. The summed E-state index contributed by atoms with van der Waals surface area (Å²) in [5, 5.41) is 0. The number of hydrogen-bond donors (Lipinski definition) is 0. The van der Waals surface area contributed by atoms with Gasteiger partial charge in [-0.2, -0.15) is 0 Å². The van der Waals surface area contributed by atoms with Gasteiger partial charge in [0.15, 0.2) is 0 Å². The Labute approximate surface area is 171 Å². The van der Waals surface area contributed by atoms with Crippen LogP contribution in [0, 0.1) is 29.1 Å². The molecule has 1 aromatic carbocycles. The quantitative estimate of drug-likeness (QED) is 0.492. The van der Waals surface area contributed by atoms with Gasteiger partial charge in [0.2, 0.25) is 0 Å². The SMILES string of the molecule is c1ccc(CC(CCc2ccncc2)CCC23CC4CC(CC(C4)C2)C3)cc1. The van der Waals surface area contributed by atoms with E-state index in [-0.39, 0.29) is 0 Å². The first kappa shape index (κ1) is 18.4. The fourth-order valence-electron chi connectivity index (χ4n) is 7.32. The summed E-state index contributed by atoms with van der Waals surface area (Å²) in [4.78, 5) is 4.18. The summed E-state index contributed by atoms with van der Waals surface area (Å²) in [5.41, 5.74) is 3.69. The standard InChI is InChI=1S/C27H35N/c1-2-4-22(5-3-1)14-23(7-6-21-9-12-28-13-10-21)8-11-27-18-24-15-25(19-27)17-26(16-24)20-27/h1-5,9-10,12-13,23-26H,6-8,11,14-20H2. The van der Waals surface area contributed by atoms with Gasteiger partial charge in [0.1, 0.15) is 0 Å². The summed E-state index contributed by atoms with van der Waals surface area (Å²) in [6.07, 6.45) is 19.9. The van der Waals surface area contributed by atoms with Crippen molar-refractivity contribution in [3.05, 3.63) is 66.0 Å². The van der Waals surface area contributed by atoms with E-state index in [0.29, 0.717) is 0 Å². The van der Waals surface area contributed by atoms with Crippen molar-refractivity contribution in [1.82, 2.24) is 4.98 Å². The molecule has 4 saturated carbocycles. The Morgan fingerprint density at radius 3 is 2.07 bits per heavy atom. The second kappa shape index (κ2) is 8.01. The third-order valence-corrected chi connectivity index (χ3v) is 8.21. The van der Waals surface area contributed by atoms with E-state index in [4.69, 9.17) is 0 Å². The molecular weight excluding hydrogens is 338 g/mol. The molecule has 6 rings (SSSR count). The largest absolute Gasteiger partial charge is 0.265 e. The predicted octanol–water partition coefficient (Wildman–Crippen LogP) is 6.87. The van der Waals surface area contributed by atoms with Gasteiger partial charge >= 0.3 is 0 Å². The van der Waals surface area contributed by atoms with Gasteiger partial charge in [-0.3, -0.25) is 4.98 Å². The van der Waals surface area contributed by atoms with Crippen LogP contribution in [0.15, 0.2) is 54.9 Å². The average molecular weight is 374 g/mol. The first-order valence-corrected chi connectivity index (χ1v) is 11.7. The van der Waals surface area contributed by atoms with Crippen LogP contribution in [0.4, 0.5) is 0 Å². The Hall–Kier alpha value is -1.63. The van der Waals surface area contributed by atoms with Crippen LogP contribution in [0.5, 0.6) is 0 Å². The molecule has 2 aromatic rings. The Balaban J connectivity index is 1.24. The zero-order valence-corrected chi connectivity index (χ0v) is 17.2. The number of rotatable bonds is 8. The van der Waals surface area contributed by atoms with Gasteiger partial charge in [-0.1, -0.05) is 30.3 Å². The molecule has 1 atom stereocenters. The third kappa shape index (κ3) is 4.19. The molecule has 0 spiro atoms. The minimum absolute atomic E-state index is 0.723. The molecule has 0 radical (unpaired) electrons. The monoisotopic (exact) mass is 373 g/mol. The smallest absolute Gasteiger partial charge is 0.0270 e. The zero-order valence-electron chi connectivity index (χ0n) is 17.2. The molecule has 0 aliphatic heterocycles. The highest BCUT2D eigenvalue weighted by atomic mass is 14.6. The number of aryl methyl sites for hydroxylation is 1. The maximum Gasteiger partial charge on any atom is 0.0270 e. The van der Waals surface area contributed by atoms with Gasteiger partial charge in [-0.25, -0.2) is 0 Å². The highest BCUT2D eigenvalue weighted by Crippen LogP contribution is 2.61. The molecule has 4 bridgehead atoms. The van der Waals surface area contributed by atoms with E-state index in [1.165, 1.54) is 43.2 Å². The van der Waals surface area contributed by atoms with Crippen LogP contribution in [0.1, 0.15) is 68.9 Å². The Kier molecular flexibility index (Phi) is 5.26. The number of pyridine rings is 1. The lowest BCUT2D eigenvalue weighted by molar-refractivity contribution is -0.0601. The molecule has 148 valence electrons. The number of nitrogens with zero attached hydrogens (tertiary/aromatic N) is 1. The maximum atomic E-state index is 4.18. The second-order valence-corrected chi connectivity index (χ2v) is 10.4. The molecular formula is C27H35N. The van der Waals surface area contributed by atoms with Crippen molar-refractivity contribution in [2.45, 2.75) is 70.6 Å². The summed E-state index contributed by atoms with van der Waals surface area (Å²) < 4.78 is 0. The maximum absolute atomic E-state index is 4.18. The van der Waals surface area contributed by atoms with Gasteiger partial charge in [0, 0.05) is 12.4 Å². The molecule has 4 fully saturated rings. The fraction of sp³-hybridized carbons (Fsp3) is 0.593. The molecule has 0 amide bonds. The summed E-state index contributed by atoms with van der Waals surface area (Å²) in [7, 11) is 0. The molecule has 4 aliphatic carbocycles. The van der Waals surface area contributed by atoms with Crippen LogP contribution in [-0.2, 0) is 12.8 Å². The van der Waals surface area contributed by atoms with Crippen LogP contribution in [-0.4, -0.2) is 4.98 Å². The molecule has 4 aliphatic rings. The molecule has 1 unspecified atom stereocenters. The molecule has 1 nitrogen and oxygen atoms in total. The van der Waals surface area contributed by atoms with Crippen molar-refractivity contribution in [2.24, 2.45) is 29.1 Å². The number of benzene rings is 1. The van der Waals surface area contributed by atoms with Crippen molar-refractivity contribution in [3.8, 4) is 0 Å². The normalized spacial score (nSPS) is 31.8. The molecule has 28 heavy (non-hydrogen) atoms. The van der Waals surface area contributed by atoms with E-state index in [0.717, 1.165) is 29.1 Å². The summed E-state index contributed by atoms with van der Waals surface area (Å²) in [6.45, 7) is 0. The van der Waals surface area contributed by atoms with Crippen LogP contribution in [0.25, 0.3) is 0 Å². The summed E-state index contributed by atoms with van der Waals surface area (Å²) in [5.74, 6) is 4.05. The lowest BCUT2D eigenvalue weighted by Gasteiger charge is -2.57. The van der Waals surface area contributed by atoms with E-state index in [1.807, 2.05) is 12.4 Å². The van der Waals surface area contributed by atoms with E-state index >= 15 is 0 Å². The Morgan fingerprint density at radius 2 is 1.43 bits per heavy atom. The first-order valence-electron chi connectivity index (χ1n) is 11.7. The molecule has 0 N–H and O–H groups in total. The van der Waals surface area contributed by atoms with Crippen molar-refractivity contribution < 1.29 is 0 Å². The number of aromatic nitrogens is 1. The topological polar surface area (TPSA) is 12.9 Å². The highest BCUT2D eigenvalue weighted by Gasteiger charge is 2.50. The van der Waals surface area contributed by atoms with E-state index in [1.54, 1.807) is 38.5 Å². The van der Waals surface area contributed by atoms with E-state index < -0.39 is 0 Å². The Morgan fingerprint density at radius 1 is 0.786 bits per heavy atom. The average Bonchev–Trinajstić information content (AvgIpc) is 2.71. The molecule has 1 heterocycles. The summed E-state index contributed by atoms with van der Waals surface area (Å²) in [6, 6.07) is 15.6. The van der Waals surface area contributed by atoms with E-state index in [9.17, 15) is 0 Å². The fourth-order valence-corrected chi connectivity index (χ4v) is 7.32. The Bertz CT molecular complexity index is 715. The van der Waals surface area contributed by atoms with Crippen LogP contribution in [0.3, 0.4) is 0 Å². The lowest BCUT2D eigenvalue weighted by atomic mass is 9.48. The number of hydrogen-bond acceptors (Lipinski definition) is 1. The van der Waals surface area contributed by atoms with E-state index in [2.05, 4.69) is 47.4 Å². The molecule has 1 heteroatoms.